The van der Waals surface area contributed by atoms with Gasteiger partial charge in [0.25, 0.3) is 0 Å². The van der Waals surface area contributed by atoms with Crippen LogP contribution in [0, 0.1) is 5.82 Å². The van der Waals surface area contributed by atoms with Crippen molar-refractivity contribution in [2.45, 2.75) is 11.6 Å². The van der Waals surface area contributed by atoms with Crippen molar-refractivity contribution in [1.82, 2.24) is 19.5 Å². The van der Waals surface area contributed by atoms with Crippen LogP contribution in [0.25, 0.3) is 22.1 Å². The summed E-state index contributed by atoms with van der Waals surface area (Å²) in [5, 5.41) is 10.9. The predicted octanol–water partition coefficient (Wildman–Crippen LogP) is 4.90. The van der Waals surface area contributed by atoms with Gasteiger partial charge in [-0.05, 0) is 53.3 Å². The van der Waals surface area contributed by atoms with E-state index >= 15 is 0 Å². The van der Waals surface area contributed by atoms with E-state index < -0.39 is 0 Å². The van der Waals surface area contributed by atoms with Crippen LogP contribution in [0.1, 0.15) is 12.0 Å². The molecule has 0 saturated heterocycles. The van der Waals surface area contributed by atoms with Gasteiger partial charge in [-0.1, -0.05) is 48.2 Å². The molecular weight excluding hydrogens is 383 g/mol. The molecular formula is C23H21FN4S. The van der Waals surface area contributed by atoms with Gasteiger partial charge in [-0.2, -0.15) is 0 Å². The molecule has 1 aliphatic heterocycles. The second-order valence-corrected chi connectivity index (χ2v) is 8.27. The SMILES string of the molecule is Fc1ccc(C2=CCN(CCSc3nnc4ccc5ccccc5n34)CC2)cc1. The largest absolute Gasteiger partial charge is 0.299 e. The summed E-state index contributed by atoms with van der Waals surface area (Å²) >= 11 is 1.75. The predicted molar refractivity (Wildman–Crippen MR) is 117 cm³/mol. The summed E-state index contributed by atoms with van der Waals surface area (Å²) in [6.07, 6.45) is 3.26. The van der Waals surface area contributed by atoms with Gasteiger partial charge in [-0.15, -0.1) is 10.2 Å². The molecule has 0 spiro atoms. The molecule has 0 unspecified atom stereocenters. The molecule has 1 aliphatic rings. The van der Waals surface area contributed by atoms with Crippen molar-refractivity contribution >= 4 is 33.9 Å². The van der Waals surface area contributed by atoms with Gasteiger partial charge in [0.05, 0.1) is 5.52 Å². The van der Waals surface area contributed by atoms with Gasteiger partial charge in [0.2, 0.25) is 0 Å². The fourth-order valence-electron chi connectivity index (χ4n) is 3.81. The van der Waals surface area contributed by atoms with Gasteiger partial charge in [-0.3, -0.25) is 9.30 Å². The minimum Gasteiger partial charge on any atom is -0.299 e. The summed E-state index contributed by atoms with van der Waals surface area (Å²) in [5.74, 6) is 0.779. The highest BCUT2D eigenvalue weighted by Gasteiger charge is 2.14. The van der Waals surface area contributed by atoms with Crippen molar-refractivity contribution < 1.29 is 4.39 Å². The highest BCUT2D eigenvalue weighted by atomic mass is 32.2. The summed E-state index contributed by atoms with van der Waals surface area (Å²) < 4.78 is 15.3. The Hall–Kier alpha value is -2.70. The minimum atomic E-state index is -0.183. The smallest absolute Gasteiger partial charge is 0.196 e. The molecule has 0 saturated carbocycles. The Morgan fingerprint density at radius 2 is 1.83 bits per heavy atom. The Balaban J connectivity index is 1.23. The lowest BCUT2D eigenvalue weighted by molar-refractivity contribution is 0.321. The molecule has 0 amide bonds. The van der Waals surface area contributed by atoms with Crippen LogP contribution in [0.4, 0.5) is 4.39 Å². The molecule has 0 atom stereocenters. The molecule has 0 aliphatic carbocycles. The van der Waals surface area contributed by atoms with Crippen molar-refractivity contribution in [2.75, 3.05) is 25.4 Å². The molecule has 6 heteroatoms. The molecule has 3 heterocycles. The number of hydrogen-bond donors (Lipinski definition) is 0. The van der Waals surface area contributed by atoms with E-state index in [2.05, 4.69) is 55.9 Å². The summed E-state index contributed by atoms with van der Waals surface area (Å²) in [6.45, 7) is 2.95. The molecule has 5 rings (SSSR count). The number of pyridine rings is 1. The third-order valence-corrected chi connectivity index (χ3v) is 6.30. The Bertz CT molecular complexity index is 1180. The molecule has 4 nitrogen and oxygen atoms in total. The zero-order valence-corrected chi connectivity index (χ0v) is 16.8. The molecule has 2 aromatic heterocycles. The number of benzene rings is 2. The van der Waals surface area contributed by atoms with Crippen LogP contribution in [0.3, 0.4) is 0 Å². The number of hydrogen-bond acceptors (Lipinski definition) is 4. The number of halogens is 1. The first-order chi connectivity index (χ1) is 14.3. The third kappa shape index (κ3) is 3.78. The molecule has 29 heavy (non-hydrogen) atoms. The van der Waals surface area contributed by atoms with E-state index in [0.717, 1.165) is 53.7 Å². The lowest BCUT2D eigenvalue weighted by atomic mass is 9.99. The Kier molecular flexibility index (Phi) is 5.04. The van der Waals surface area contributed by atoms with Crippen LogP contribution in [-0.2, 0) is 0 Å². The molecule has 0 bridgehead atoms. The van der Waals surface area contributed by atoms with Gasteiger partial charge in [-0.25, -0.2) is 4.39 Å². The lowest BCUT2D eigenvalue weighted by Gasteiger charge is -2.26. The fourth-order valence-corrected chi connectivity index (χ4v) is 4.76. The molecule has 0 radical (unpaired) electrons. The van der Waals surface area contributed by atoms with Crippen LogP contribution in [0.5, 0.6) is 0 Å². The van der Waals surface area contributed by atoms with E-state index in [1.54, 1.807) is 11.8 Å². The monoisotopic (exact) mass is 404 g/mol. The molecule has 4 aromatic rings. The second-order valence-electron chi connectivity index (χ2n) is 7.20. The van der Waals surface area contributed by atoms with E-state index in [1.165, 1.54) is 23.1 Å². The summed E-state index contributed by atoms with van der Waals surface area (Å²) in [4.78, 5) is 2.45. The topological polar surface area (TPSA) is 33.4 Å². The van der Waals surface area contributed by atoms with E-state index in [1.807, 2.05) is 18.2 Å². The van der Waals surface area contributed by atoms with E-state index in [-0.39, 0.29) is 5.82 Å². The average molecular weight is 405 g/mol. The highest BCUT2D eigenvalue weighted by molar-refractivity contribution is 7.99. The van der Waals surface area contributed by atoms with E-state index in [4.69, 9.17) is 0 Å². The summed E-state index contributed by atoms with van der Waals surface area (Å²) in [5.41, 5.74) is 4.46. The van der Waals surface area contributed by atoms with Crippen LogP contribution < -0.4 is 0 Å². The van der Waals surface area contributed by atoms with Crippen LogP contribution in [0.2, 0.25) is 0 Å². The Morgan fingerprint density at radius 3 is 2.66 bits per heavy atom. The van der Waals surface area contributed by atoms with E-state index in [9.17, 15) is 4.39 Å². The van der Waals surface area contributed by atoms with E-state index in [0.29, 0.717) is 0 Å². The molecule has 146 valence electrons. The van der Waals surface area contributed by atoms with Crippen molar-refractivity contribution in [1.29, 1.82) is 0 Å². The lowest BCUT2D eigenvalue weighted by Crippen LogP contribution is -2.30. The maximum atomic E-state index is 13.1. The number of nitrogens with zero attached hydrogens (tertiary/aromatic N) is 4. The first kappa shape index (κ1) is 18.3. The molecule has 0 fully saturated rings. The van der Waals surface area contributed by atoms with Gasteiger partial charge < -0.3 is 0 Å². The standard InChI is InChI=1S/C23H21FN4S/c24-20-8-5-17(6-9-20)18-11-13-27(14-12-18)15-16-29-23-26-25-22-10-7-19-3-1-2-4-21(19)28(22)23/h1-11H,12-16H2. The first-order valence-electron chi connectivity index (χ1n) is 9.81. The Labute approximate surface area is 173 Å². The quantitative estimate of drug-likeness (QED) is 0.443. The van der Waals surface area contributed by atoms with Crippen molar-refractivity contribution in [2.24, 2.45) is 0 Å². The molecule has 2 aromatic carbocycles. The second kappa shape index (κ2) is 7.97. The number of para-hydroxylation sites is 1. The fraction of sp³-hybridized carbons (Fsp3) is 0.217. The highest BCUT2D eigenvalue weighted by Crippen LogP contribution is 2.25. The van der Waals surface area contributed by atoms with Crippen LogP contribution in [0.15, 0.2) is 71.9 Å². The van der Waals surface area contributed by atoms with Gasteiger partial charge in [0, 0.05) is 25.4 Å². The van der Waals surface area contributed by atoms with Gasteiger partial charge >= 0.3 is 0 Å². The number of aromatic nitrogens is 3. The van der Waals surface area contributed by atoms with Crippen LogP contribution >= 0.6 is 11.8 Å². The average Bonchev–Trinajstić information content (AvgIpc) is 3.18. The minimum absolute atomic E-state index is 0.183. The number of thioether (sulfide) groups is 1. The number of fused-ring (bicyclic) bond motifs is 3. The molecule has 0 N–H and O–H groups in total. The van der Waals surface area contributed by atoms with Gasteiger partial charge in [0.1, 0.15) is 5.82 Å². The third-order valence-electron chi connectivity index (χ3n) is 5.39. The zero-order valence-electron chi connectivity index (χ0n) is 16.0. The zero-order chi connectivity index (χ0) is 19.6. The van der Waals surface area contributed by atoms with Crippen molar-refractivity contribution in [3.8, 4) is 0 Å². The van der Waals surface area contributed by atoms with Crippen LogP contribution in [-0.4, -0.2) is 44.9 Å². The maximum absolute atomic E-state index is 13.1. The van der Waals surface area contributed by atoms with Gasteiger partial charge in [0.15, 0.2) is 10.8 Å². The van der Waals surface area contributed by atoms with Crippen molar-refractivity contribution in [3.05, 3.63) is 78.1 Å². The van der Waals surface area contributed by atoms with Crippen molar-refractivity contribution in [3.63, 3.8) is 0 Å². The summed E-state index contributed by atoms with van der Waals surface area (Å²) in [7, 11) is 0. The Morgan fingerprint density at radius 1 is 0.966 bits per heavy atom. The first-order valence-corrected chi connectivity index (χ1v) is 10.8. The number of rotatable bonds is 5. The maximum Gasteiger partial charge on any atom is 0.196 e. The summed E-state index contributed by atoms with van der Waals surface area (Å²) in [6, 6.07) is 19.2. The normalized spacial score (nSPS) is 15.1.